The molecule has 3 N–H and O–H groups in total. The maximum Gasteiger partial charge on any atom is 0.315 e. The molecule has 124 valence electrons. The normalized spacial score (nSPS) is 13.2. The topological polar surface area (TPSA) is 70.6 Å². The Kier molecular flexibility index (Phi) is 6.37. The molecule has 0 saturated heterocycles. The molecule has 0 aliphatic rings. The highest BCUT2D eigenvalue weighted by molar-refractivity contribution is 7.10. The highest BCUT2D eigenvalue weighted by Crippen LogP contribution is 2.17. The molecule has 0 aliphatic heterocycles. The molecule has 2 rings (SSSR count). The van der Waals surface area contributed by atoms with Gasteiger partial charge in [0.1, 0.15) is 24.3 Å². The molecule has 1 aromatic carbocycles. The van der Waals surface area contributed by atoms with Crippen molar-refractivity contribution in [3.8, 4) is 5.75 Å². The summed E-state index contributed by atoms with van der Waals surface area (Å²) in [7, 11) is 0. The number of ether oxygens (including phenoxy) is 1. The fourth-order valence-electron chi connectivity index (χ4n) is 1.88. The number of nitrogens with one attached hydrogen (secondary N) is 2. The van der Waals surface area contributed by atoms with Crippen LogP contribution >= 0.6 is 11.3 Å². The molecule has 0 bridgehead atoms. The van der Waals surface area contributed by atoms with Crippen LogP contribution in [0.3, 0.4) is 0 Å². The van der Waals surface area contributed by atoms with Crippen molar-refractivity contribution in [2.45, 2.75) is 19.1 Å². The number of hydrogen-bond donors (Lipinski definition) is 3. The van der Waals surface area contributed by atoms with Crippen molar-refractivity contribution in [3.63, 3.8) is 0 Å². The summed E-state index contributed by atoms with van der Waals surface area (Å²) in [5.41, 5.74) is 0. The van der Waals surface area contributed by atoms with E-state index >= 15 is 0 Å². The SMILES string of the molecule is C[C@H](NC(=O)NC[C@H](O)COc1cccc(F)c1)c1cccs1. The number of thiophene rings is 1. The van der Waals surface area contributed by atoms with E-state index in [9.17, 15) is 14.3 Å². The number of rotatable bonds is 7. The van der Waals surface area contributed by atoms with E-state index in [0.29, 0.717) is 5.75 Å². The summed E-state index contributed by atoms with van der Waals surface area (Å²) in [5.74, 6) is -0.0723. The average Bonchev–Trinajstić information content (AvgIpc) is 3.05. The van der Waals surface area contributed by atoms with Gasteiger partial charge in [-0.15, -0.1) is 11.3 Å². The van der Waals surface area contributed by atoms with Gasteiger partial charge in [-0.25, -0.2) is 9.18 Å². The van der Waals surface area contributed by atoms with E-state index in [1.165, 1.54) is 18.2 Å². The summed E-state index contributed by atoms with van der Waals surface area (Å²) in [4.78, 5) is 12.8. The van der Waals surface area contributed by atoms with Crippen LogP contribution in [0.1, 0.15) is 17.8 Å². The minimum Gasteiger partial charge on any atom is -0.491 e. The Bertz CT molecular complexity index is 622. The first kappa shape index (κ1) is 17.2. The van der Waals surface area contributed by atoms with Crippen LogP contribution in [0.4, 0.5) is 9.18 Å². The molecule has 1 aromatic heterocycles. The van der Waals surface area contributed by atoms with Gasteiger partial charge in [0.15, 0.2) is 0 Å². The summed E-state index contributed by atoms with van der Waals surface area (Å²) in [5, 5.41) is 17.1. The smallest absolute Gasteiger partial charge is 0.315 e. The summed E-state index contributed by atoms with van der Waals surface area (Å²) in [6.07, 6.45) is -0.888. The van der Waals surface area contributed by atoms with Crippen molar-refractivity contribution in [2.24, 2.45) is 0 Å². The van der Waals surface area contributed by atoms with E-state index in [1.54, 1.807) is 17.4 Å². The molecule has 0 radical (unpaired) electrons. The van der Waals surface area contributed by atoms with Gasteiger partial charge >= 0.3 is 6.03 Å². The maximum absolute atomic E-state index is 13.0. The Labute approximate surface area is 138 Å². The molecule has 7 heteroatoms. The third-order valence-electron chi connectivity index (χ3n) is 3.05. The lowest BCUT2D eigenvalue weighted by Crippen LogP contribution is -2.42. The number of hydrogen-bond acceptors (Lipinski definition) is 4. The second kappa shape index (κ2) is 8.50. The van der Waals surface area contributed by atoms with Crippen LogP contribution in [0.2, 0.25) is 0 Å². The van der Waals surface area contributed by atoms with Gasteiger partial charge in [0, 0.05) is 17.5 Å². The van der Waals surface area contributed by atoms with Gasteiger partial charge in [0.25, 0.3) is 0 Å². The Hall–Kier alpha value is -2.12. The third kappa shape index (κ3) is 5.88. The summed E-state index contributed by atoms with van der Waals surface area (Å²) in [6.45, 7) is 1.89. The van der Waals surface area contributed by atoms with E-state index in [4.69, 9.17) is 4.74 Å². The first-order valence-electron chi connectivity index (χ1n) is 7.19. The molecular weight excluding hydrogens is 319 g/mol. The van der Waals surface area contributed by atoms with Gasteiger partial charge < -0.3 is 20.5 Å². The zero-order valence-electron chi connectivity index (χ0n) is 12.7. The van der Waals surface area contributed by atoms with Crippen LogP contribution in [-0.2, 0) is 0 Å². The summed E-state index contributed by atoms with van der Waals surface area (Å²) < 4.78 is 18.2. The lowest BCUT2D eigenvalue weighted by molar-refractivity contribution is 0.107. The van der Waals surface area contributed by atoms with Crippen molar-refractivity contribution in [1.29, 1.82) is 0 Å². The number of aliphatic hydroxyl groups excluding tert-OH is 1. The van der Waals surface area contributed by atoms with Crippen LogP contribution in [0.15, 0.2) is 41.8 Å². The number of halogens is 1. The average molecular weight is 338 g/mol. The molecule has 2 aromatic rings. The second-order valence-corrected chi connectivity index (χ2v) is 5.99. The van der Waals surface area contributed by atoms with Gasteiger partial charge in [0.2, 0.25) is 0 Å². The van der Waals surface area contributed by atoms with Crippen LogP contribution < -0.4 is 15.4 Å². The molecule has 0 aliphatic carbocycles. The van der Waals surface area contributed by atoms with Gasteiger partial charge in [-0.1, -0.05) is 12.1 Å². The molecule has 2 amide bonds. The van der Waals surface area contributed by atoms with Crippen LogP contribution in [0.5, 0.6) is 5.75 Å². The van der Waals surface area contributed by atoms with Crippen molar-refractivity contribution >= 4 is 17.4 Å². The summed E-state index contributed by atoms with van der Waals surface area (Å²) >= 11 is 1.56. The van der Waals surface area contributed by atoms with Crippen LogP contribution in [0, 0.1) is 5.82 Å². The highest BCUT2D eigenvalue weighted by Gasteiger charge is 2.12. The predicted molar refractivity (Wildman–Crippen MR) is 87.2 cm³/mol. The first-order chi connectivity index (χ1) is 11.0. The van der Waals surface area contributed by atoms with E-state index < -0.39 is 11.9 Å². The predicted octanol–water partition coefficient (Wildman–Crippen LogP) is 2.69. The van der Waals surface area contributed by atoms with Crippen molar-refractivity contribution in [3.05, 3.63) is 52.5 Å². The first-order valence-corrected chi connectivity index (χ1v) is 8.07. The number of benzene rings is 1. The van der Waals surface area contributed by atoms with E-state index in [1.807, 2.05) is 24.4 Å². The van der Waals surface area contributed by atoms with Gasteiger partial charge in [-0.2, -0.15) is 0 Å². The maximum atomic E-state index is 13.0. The lowest BCUT2D eigenvalue weighted by atomic mass is 10.3. The quantitative estimate of drug-likeness (QED) is 0.727. The van der Waals surface area contributed by atoms with Crippen molar-refractivity contribution in [2.75, 3.05) is 13.2 Å². The van der Waals surface area contributed by atoms with E-state index in [0.717, 1.165) is 4.88 Å². The molecule has 2 atom stereocenters. The Balaban J connectivity index is 1.67. The molecule has 23 heavy (non-hydrogen) atoms. The molecule has 0 unspecified atom stereocenters. The highest BCUT2D eigenvalue weighted by atomic mass is 32.1. The number of carbonyl (C=O) groups excluding carboxylic acids is 1. The Morgan fingerprint density at radius 3 is 2.91 bits per heavy atom. The molecule has 1 heterocycles. The molecule has 5 nitrogen and oxygen atoms in total. The van der Waals surface area contributed by atoms with Crippen LogP contribution in [0.25, 0.3) is 0 Å². The van der Waals surface area contributed by atoms with Crippen molar-refractivity contribution < 1.29 is 19.0 Å². The van der Waals surface area contributed by atoms with E-state index in [2.05, 4.69) is 10.6 Å². The third-order valence-corrected chi connectivity index (χ3v) is 4.11. The van der Waals surface area contributed by atoms with Crippen molar-refractivity contribution in [1.82, 2.24) is 10.6 Å². The molecule has 0 saturated carbocycles. The number of carbonyl (C=O) groups is 1. The zero-order valence-corrected chi connectivity index (χ0v) is 13.5. The minimum absolute atomic E-state index is 0.0375. The molecule has 0 spiro atoms. The fourth-order valence-corrected chi connectivity index (χ4v) is 2.61. The van der Waals surface area contributed by atoms with Crippen LogP contribution in [-0.4, -0.2) is 30.4 Å². The zero-order chi connectivity index (χ0) is 16.7. The number of amides is 2. The number of urea groups is 1. The molecule has 0 fully saturated rings. The van der Waals surface area contributed by atoms with E-state index in [-0.39, 0.29) is 25.2 Å². The Morgan fingerprint density at radius 1 is 1.39 bits per heavy atom. The molecular formula is C16H19FN2O3S. The largest absolute Gasteiger partial charge is 0.491 e. The summed E-state index contributed by atoms with van der Waals surface area (Å²) in [6, 6.07) is 9.06. The fraction of sp³-hybridized carbons (Fsp3) is 0.312. The monoisotopic (exact) mass is 338 g/mol. The van der Waals surface area contributed by atoms with Gasteiger partial charge in [0.05, 0.1) is 6.04 Å². The number of aliphatic hydroxyl groups is 1. The van der Waals surface area contributed by atoms with Gasteiger partial charge in [-0.3, -0.25) is 0 Å². The standard InChI is InChI=1S/C16H19FN2O3S/c1-11(15-6-3-7-23-15)19-16(21)18-9-13(20)10-22-14-5-2-4-12(17)8-14/h2-8,11,13,20H,9-10H2,1H3,(H2,18,19,21)/t11-,13-/m0/s1. The lowest BCUT2D eigenvalue weighted by Gasteiger charge is -2.16. The Morgan fingerprint density at radius 2 is 2.22 bits per heavy atom. The van der Waals surface area contributed by atoms with Gasteiger partial charge in [-0.05, 0) is 30.5 Å². The minimum atomic E-state index is -0.888. The second-order valence-electron chi connectivity index (χ2n) is 5.01.